The van der Waals surface area contributed by atoms with Crippen molar-refractivity contribution in [3.05, 3.63) is 64.2 Å². The lowest BCUT2D eigenvalue weighted by Crippen LogP contribution is -2.48. The number of carbonyl (C=O) groups excluding carboxylic acids is 2. The monoisotopic (exact) mass is 478 g/mol. The zero-order valence-electron chi connectivity index (χ0n) is 21.1. The number of nitrogens with zero attached hydrogens (tertiary/aromatic N) is 2. The van der Waals surface area contributed by atoms with E-state index in [4.69, 9.17) is 14.2 Å². The smallest absolute Gasteiger partial charge is 0.342 e. The van der Waals surface area contributed by atoms with Crippen molar-refractivity contribution in [1.29, 1.82) is 0 Å². The average Bonchev–Trinajstić information content (AvgIpc) is 3.28. The number of fused-ring (bicyclic) bond motifs is 1. The highest BCUT2D eigenvalue weighted by molar-refractivity contribution is 5.98. The predicted octanol–water partition coefficient (Wildman–Crippen LogP) is 4.30. The van der Waals surface area contributed by atoms with E-state index in [1.165, 1.54) is 5.69 Å². The second-order valence-corrected chi connectivity index (χ2v) is 9.06. The number of esters is 1. The van der Waals surface area contributed by atoms with Crippen LogP contribution in [0.3, 0.4) is 0 Å². The molecule has 0 spiro atoms. The molecule has 1 amide bonds. The topological polar surface area (TPSA) is 68.3 Å². The van der Waals surface area contributed by atoms with Crippen LogP contribution >= 0.6 is 0 Å². The van der Waals surface area contributed by atoms with E-state index >= 15 is 0 Å². The summed E-state index contributed by atoms with van der Waals surface area (Å²) in [5, 5.41) is 0. The molecule has 1 saturated heterocycles. The van der Waals surface area contributed by atoms with Crippen LogP contribution in [0.15, 0.2) is 42.0 Å². The quantitative estimate of drug-likeness (QED) is 0.416. The van der Waals surface area contributed by atoms with E-state index in [9.17, 15) is 9.59 Å². The average molecular weight is 479 g/mol. The molecule has 7 nitrogen and oxygen atoms in total. The fourth-order valence-corrected chi connectivity index (χ4v) is 4.93. The zero-order chi connectivity index (χ0) is 24.9. The normalized spacial score (nSPS) is 15.7. The molecule has 7 heteroatoms. The Kier molecular flexibility index (Phi) is 7.63. The molecule has 186 valence electrons. The van der Waals surface area contributed by atoms with Crippen molar-refractivity contribution < 1.29 is 23.8 Å². The Morgan fingerprint density at radius 2 is 1.71 bits per heavy atom. The number of para-hydroxylation sites is 1. The third-order valence-electron chi connectivity index (χ3n) is 6.97. The van der Waals surface area contributed by atoms with Gasteiger partial charge in [-0.05, 0) is 44.4 Å². The second kappa shape index (κ2) is 10.8. The highest BCUT2D eigenvalue weighted by atomic mass is 16.5. The van der Waals surface area contributed by atoms with Gasteiger partial charge >= 0.3 is 5.97 Å². The molecule has 0 bridgehead atoms. The van der Waals surface area contributed by atoms with E-state index in [1.807, 2.05) is 36.9 Å². The molecule has 4 rings (SSSR count). The molecule has 2 aliphatic heterocycles. The third-order valence-corrected chi connectivity index (χ3v) is 6.97. The van der Waals surface area contributed by atoms with Crippen LogP contribution in [-0.2, 0) is 22.6 Å². The summed E-state index contributed by atoms with van der Waals surface area (Å²) in [6, 6.07) is 10.3. The summed E-state index contributed by atoms with van der Waals surface area (Å²) in [7, 11) is 3.19. The SMILES string of the molecule is COc1c(C)c2c(c(OC)c1C/C=C(\C)CCC(=O)N1CCN(c3ccccc3)CC1)C(=O)OC2. The van der Waals surface area contributed by atoms with Gasteiger partial charge in [-0.3, -0.25) is 4.79 Å². The summed E-state index contributed by atoms with van der Waals surface area (Å²) >= 11 is 0. The summed E-state index contributed by atoms with van der Waals surface area (Å²) in [5.41, 5.74) is 5.38. The number of benzene rings is 2. The lowest BCUT2D eigenvalue weighted by Gasteiger charge is -2.36. The predicted molar refractivity (Wildman–Crippen MR) is 135 cm³/mol. The molecular formula is C28H34N2O5. The molecule has 2 heterocycles. The Labute approximate surface area is 207 Å². The Balaban J connectivity index is 1.37. The standard InChI is InChI=1S/C28H34N2O5/c1-19(11-13-24(31)30-16-14-29(15-17-30)21-8-6-5-7-9-21)10-12-22-26(33-3)20(2)23-18-35-28(32)25(23)27(22)34-4/h5-10H,11-18H2,1-4H3/b19-10+. The first-order valence-corrected chi connectivity index (χ1v) is 12.1. The van der Waals surface area contributed by atoms with Gasteiger partial charge in [0.25, 0.3) is 0 Å². The Bertz CT molecular complexity index is 1120. The molecule has 0 radical (unpaired) electrons. The van der Waals surface area contributed by atoms with Crippen molar-refractivity contribution in [2.75, 3.05) is 45.3 Å². The summed E-state index contributed by atoms with van der Waals surface area (Å²) in [5.74, 6) is 1.07. The molecule has 2 aromatic rings. The van der Waals surface area contributed by atoms with Crippen molar-refractivity contribution in [2.45, 2.75) is 39.7 Å². The maximum Gasteiger partial charge on any atom is 0.342 e. The van der Waals surface area contributed by atoms with Gasteiger partial charge in [-0.1, -0.05) is 29.8 Å². The summed E-state index contributed by atoms with van der Waals surface area (Å²) in [6.45, 7) is 7.41. The van der Waals surface area contributed by atoms with Crippen molar-refractivity contribution in [3.8, 4) is 11.5 Å². The van der Waals surface area contributed by atoms with E-state index in [1.54, 1.807) is 14.2 Å². The molecule has 2 aromatic carbocycles. The largest absolute Gasteiger partial charge is 0.496 e. The fraction of sp³-hybridized carbons (Fsp3) is 0.429. The molecule has 35 heavy (non-hydrogen) atoms. The number of cyclic esters (lactones) is 1. The van der Waals surface area contributed by atoms with Crippen LogP contribution in [0, 0.1) is 6.92 Å². The molecule has 0 unspecified atom stereocenters. The minimum absolute atomic E-state index is 0.191. The van der Waals surface area contributed by atoms with E-state index in [-0.39, 0.29) is 18.5 Å². The van der Waals surface area contributed by atoms with Crippen LogP contribution in [0.5, 0.6) is 11.5 Å². The molecule has 0 saturated carbocycles. The van der Waals surface area contributed by atoms with Gasteiger partial charge in [-0.25, -0.2) is 4.79 Å². The number of rotatable bonds is 8. The van der Waals surface area contributed by atoms with Crippen LogP contribution in [-0.4, -0.2) is 57.2 Å². The van der Waals surface area contributed by atoms with Crippen molar-refractivity contribution in [2.24, 2.45) is 0 Å². The first kappa shape index (κ1) is 24.6. The van der Waals surface area contributed by atoms with E-state index in [2.05, 4.69) is 23.1 Å². The number of methoxy groups -OCH3 is 2. The van der Waals surface area contributed by atoms with E-state index in [0.29, 0.717) is 30.6 Å². The second-order valence-electron chi connectivity index (χ2n) is 9.06. The number of ether oxygens (including phenoxy) is 3. The molecule has 0 atom stereocenters. The Morgan fingerprint density at radius 3 is 2.37 bits per heavy atom. The van der Waals surface area contributed by atoms with Crippen molar-refractivity contribution in [1.82, 2.24) is 4.90 Å². The number of amides is 1. The van der Waals surface area contributed by atoms with Gasteiger partial charge in [0.1, 0.15) is 23.7 Å². The molecule has 0 aliphatic carbocycles. The van der Waals surface area contributed by atoms with Crippen LogP contribution in [0.25, 0.3) is 0 Å². The van der Waals surface area contributed by atoms with Gasteiger partial charge in [0.15, 0.2) is 0 Å². The lowest BCUT2D eigenvalue weighted by atomic mass is 9.94. The number of carbonyl (C=O) groups is 2. The van der Waals surface area contributed by atoms with Crippen LogP contribution in [0.2, 0.25) is 0 Å². The van der Waals surface area contributed by atoms with Gasteiger partial charge in [-0.2, -0.15) is 0 Å². The van der Waals surface area contributed by atoms with Gasteiger partial charge in [0, 0.05) is 49.4 Å². The minimum Gasteiger partial charge on any atom is -0.496 e. The van der Waals surface area contributed by atoms with Crippen molar-refractivity contribution in [3.63, 3.8) is 0 Å². The first-order valence-electron chi connectivity index (χ1n) is 12.1. The van der Waals surface area contributed by atoms with Gasteiger partial charge in [-0.15, -0.1) is 0 Å². The number of anilines is 1. The van der Waals surface area contributed by atoms with Crippen LogP contribution < -0.4 is 14.4 Å². The van der Waals surface area contributed by atoms with Gasteiger partial charge in [0.2, 0.25) is 5.91 Å². The number of allylic oxidation sites excluding steroid dienone is 2. The van der Waals surface area contributed by atoms with E-state index < -0.39 is 0 Å². The van der Waals surface area contributed by atoms with Crippen LogP contribution in [0.1, 0.15) is 46.8 Å². The van der Waals surface area contributed by atoms with E-state index in [0.717, 1.165) is 54.2 Å². The number of hydrogen-bond donors (Lipinski definition) is 0. The summed E-state index contributed by atoms with van der Waals surface area (Å²) in [4.78, 5) is 29.4. The van der Waals surface area contributed by atoms with Crippen LogP contribution in [0.4, 0.5) is 5.69 Å². The summed E-state index contributed by atoms with van der Waals surface area (Å²) in [6.07, 6.45) is 3.81. The zero-order valence-corrected chi connectivity index (χ0v) is 21.1. The van der Waals surface area contributed by atoms with Gasteiger partial charge in [0.05, 0.1) is 14.2 Å². The summed E-state index contributed by atoms with van der Waals surface area (Å²) < 4.78 is 16.6. The highest BCUT2D eigenvalue weighted by Crippen LogP contribution is 2.42. The number of hydrogen-bond acceptors (Lipinski definition) is 6. The first-order chi connectivity index (χ1) is 16.9. The highest BCUT2D eigenvalue weighted by Gasteiger charge is 2.32. The lowest BCUT2D eigenvalue weighted by molar-refractivity contribution is -0.131. The Hall–Kier alpha value is -3.48. The van der Waals surface area contributed by atoms with Gasteiger partial charge < -0.3 is 24.0 Å². The minimum atomic E-state index is -0.359. The Morgan fingerprint density at radius 1 is 1.03 bits per heavy atom. The maximum absolute atomic E-state index is 12.8. The number of piperazine rings is 1. The molecule has 1 fully saturated rings. The fourth-order valence-electron chi connectivity index (χ4n) is 4.93. The molecular weight excluding hydrogens is 444 g/mol. The van der Waals surface area contributed by atoms with Crippen molar-refractivity contribution >= 4 is 17.6 Å². The molecule has 0 aromatic heterocycles. The molecule has 0 N–H and O–H groups in total. The maximum atomic E-state index is 12.8. The molecule has 2 aliphatic rings. The third kappa shape index (κ3) is 5.14.